The molecule has 1 aromatic carbocycles. The Hall–Kier alpha value is -1.99. The fourth-order valence-corrected chi connectivity index (χ4v) is 3.50. The molecular formula is C16H20N4O2S. The Balaban J connectivity index is 1.80. The van der Waals surface area contributed by atoms with Gasteiger partial charge in [0.25, 0.3) is 0 Å². The van der Waals surface area contributed by atoms with Gasteiger partial charge in [0.1, 0.15) is 0 Å². The highest BCUT2D eigenvalue weighted by molar-refractivity contribution is 7.89. The summed E-state index contributed by atoms with van der Waals surface area (Å²) in [4.78, 5) is 8.86. The minimum absolute atomic E-state index is 0.0611. The van der Waals surface area contributed by atoms with Crippen molar-refractivity contribution in [2.45, 2.75) is 42.9 Å². The Bertz CT molecular complexity index is 786. The van der Waals surface area contributed by atoms with Crippen molar-refractivity contribution in [2.75, 3.05) is 5.32 Å². The molecule has 0 saturated heterocycles. The van der Waals surface area contributed by atoms with Crippen molar-refractivity contribution in [1.82, 2.24) is 9.97 Å². The number of sulfonamides is 1. The first kappa shape index (κ1) is 15.9. The zero-order valence-corrected chi connectivity index (χ0v) is 13.6. The van der Waals surface area contributed by atoms with Crippen LogP contribution in [0.4, 0.5) is 11.6 Å². The normalized spacial score (nSPS) is 16.2. The quantitative estimate of drug-likeness (QED) is 0.897. The van der Waals surface area contributed by atoms with E-state index in [0.29, 0.717) is 17.6 Å². The van der Waals surface area contributed by atoms with Gasteiger partial charge in [-0.05, 0) is 37.1 Å². The van der Waals surface area contributed by atoms with Crippen LogP contribution in [0.1, 0.15) is 43.7 Å². The molecule has 0 spiro atoms. The van der Waals surface area contributed by atoms with Crippen molar-refractivity contribution in [3.8, 4) is 0 Å². The second kappa shape index (κ2) is 6.64. The Morgan fingerprint density at radius 1 is 1.13 bits per heavy atom. The summed E-state index contributed by atoms with van der Waals surface area (Å²) in [5, 5.41) is 8.21. The summed E-state index contributed by atoms with van der Waals surface area (Å²) < 4.78 is 22.8. The van der Waals surface area contributed by atoms with Gasteiger partial charge in [0.15, 0.2) is 0 Å². The molecule has 0 unspecified atom stereocenters. The van der Waals surface area contributed by atoms with Gasteiger partial charge < -0.3 is 5.32 Å². The number of rotatable bonds is 4. The van der Waals surface area contributed by atoms with Crippen LogP contribution in [0.15, 0.2) is 41.4 Å². The second-order valence-corrected chi connectivity index (χ2v) is 7.40. The number of nitrogens with zero attached hydrogens (tertiary/aromatic N) is 2. The summed E-state index contributed by atoms with van der Waals surface area (Å²) in [7, 11) is -3.72. The highest BCUT2D eigenvalue weighted by atomic mass is 32.2. The van der Waals surface area contributed by atoms with Crippen LogP contribution in [-0.2, 0) is 10.0 Å². The van der Waals surface area contributed by atoms with Gasteiger partial charge in [0.2, 0.25) is 16.0 Å². The van der Waals surface area contributed by atoms with Crippen LogP contribution in [0.5, 0.6) is 0 Å². The fourth-order valence-electron chi connectivity index (χ4n) is 2.94. The van der Waals surface area contributed by atoms with Gasteiger partial charge in [0.05, 0.1) is 4.90 Å². The van der Waals surface area contributed by atoms with Gasteiger partial charge in [-0.25, -0.2) is 23.5 Å². The minimum atomic E-state index is -3.72. The summed E-state index contributed by atoms with van der Waals surface area (Å²) in [6, 6.07) is 8.28. The van der Waals surface area contributed by atoms with Crippen LogP contribution in [0.25, 0.3) is 0 Å². The highest BCUT2D eigenvalue weighted by Crippen LogP contribution is 2.31. The van der Waals surface area contributed by atoms with E-state index in [2.05, 4.69) is 15.3 Å². The molecule has 0 atom stereocenters. The van der Waals surface area contributed by atoms with Crippen LogP contribution < -0.4 is 10.5 Å². The standard InChI is InChI=1S/C16H20N4O2S/c17-23(21,22)14-8-4-7-13(11-14)19-16-18-10-9-15(20-16)12-5-2-1-3-6-12/h4,7-12H,1-3,5-6H2,(H2,17,21,22)(H,18,19,20). The Labute approximate surface area is 136 Å². The molecule has 1 aromatic heterocycles. The van der Waals surface area contributed by atoms with E-state index in [0.717, 1.165) is 18.5 Å². The third-order valence-corrected chi connectivity index (χ3v) is 5.03. The first-order chi connectivity index (χ1) is 11.0. The average Bonchev–Trinajstić information content (AvgIpc) is 2.55. The van der Waals surface area contributed by atoms with Gasteiger partial charge in [-0.1, -0.05) is 25.3 Å². The number of aromatic nitrogens is 2. The summed E-state index contributed by atoms with van der Waals surface area (Å²) in [5.74, 6) is 0.961. The monoisotopic (exact) mass is 332 g/mol. The molecule has 23 heavy (non-hydrogen) atoms. The smallest absolute Gasteiger partial charge is 0.238 e. The van der Waals surface area contributed by atoms with Crippen molar-refractivity contribution in [3.63, 3.8) is 0 Å². The first-order valence-electron chi connectivity index (χ1n) is 7.75. The molecule has 3 rings (SSSR count). The van der Waals surface area contributed by atoms with Crippen molar-refractivity contribution in [1.29, 1.82) is 0 Å². The Kier molecular flexibility index (Phi) is 4.58. The van der Waals surface area contributed by atoms with Crippen LogP contribution in [-0.4, -0.2) is 18.4 Å². The molecule has 6 nitrogen and oxygen atoms in total. The molecule has 1 aliphatic rings. The Morgan fingerprint density at radius 3 is 2.65 bits per heavy atom. The topological polar surface area (TPSA) is 98.0 Å². The van der Waals surface area contributed by atoms with Gasteiger partial charge in [-0.2, -0.15) is 0 Å². The molecule has 7 heteroatoms. The lowest BCUT2D eigenvalue weighted by Gasteiger charge is -2.21. The third kappa shape index (κ3) is 4.05. The van der Waals surface area contributed by atoms with Crippen molar-refractivity contribution < 1.29 is 8.42 Å². The number of nitrogens with two attached hydrogens (primary N) is 1. The van der Waals surface area contributed by atoms with E-state index in [1.165, 1.54) is 31.4 Å². The number of primary sulfonamides is 1. The lowest BCUT2D eigenvalue weighted by atomic mass is 9.87. The minimum Gasteiger partial charge on any atom is -0.324 e. The van der Waals surface area contributed by atoms with Crippen LogP contribution in [0.2, 0.25) is 0 Å². The Morgan fingerprint density at radius 2 is 1.91 bits per heavy atom. The lowest BCUT2D eigenvalue weighted by molar-refractivity contribution is 0.436. The lowest BCUT2D eigenvalue weighted by Crippen LogP contribution is -2.12. The maximum atomic E-state index is 11.4. The second-order valence-electron chi connectivity index (χ2n) is 5.84. The molecule has 0 aliphatic heterocycles. The molecule has 1 saturated carbocycles. The maximum absolute atomic E-state index is 11.4. The fraction of sp³-hybridized carbons (Fsp3) is 0.375. The molecule has 1 fully saturated rings. The first-order valence-corrected chi connectivity index (χ1v) is 9.30. The number of benzene rings is 1. The molecule has 0 bridgehead atoms. The number of anilines is 2. The van der Waals surface area contributed by atoms with E-state index in [1.807, 2.05) is 6.07 Å². The summed E-state index contributed by atoms with van der Waals surface area (Å²) >= 11 is 0. The van der Waals surface area contributed by atoms with Crippen molar-refractivity contribution in [2.24, 2.45) is 5.14 Å². The third-order valence-electron chi connectivity index (χ3n) is 4.12. The van der Waals surface area contributed by atoms with Crippen molar-refractivity contribution in [3.05, 3.63) is 42.2 Å². The highest BCUT2D eigenvalue weighted by Gasteiger charge is 2.17. The summed E-state index contributed by atoms with van der Waals surface area (Å²) in [6.45, 7) is 0. The summed E-state index contributed by atoms with van der Waals surface area (Å²) in [6.07, 6.45) is 7.85. The number of nitrogens with one attached hydrogen (secondary N) is 1. The van der Waals surface area contributed by atoms with E-state index in [1.54, 1.807) is 18.3 Å². The van der Waals surface area contributed by atoms with E-state index in [-0.39, 0.29) is 4.90 Å². The molecule has 1 heterocycles. The largest absolute Gasteiger partial charge is 0.324 e. The number of hydrogen-bond acceptors (Lipinski definition) is 5. The molecule has 0 amide bonds. The van der Waals surface area contributed by atoms with E-state index >= 15 is 0 Å². The van der Waals surface area contributed by atoms with Gasteiger partial charge in [-0.15, -0.1) is 0 Å². The number of hydrogen-bond donors (Lipinski definition) is 2. The van der Waals surface area contributed by atoms with Gasteiger partial charge in [0, 0.05) is 23.5 Å². The van der Waals surface area contributed by atoms with Crippen LogP contribution >= 0.6 is 0 Å². The van der Waals surface area contributed by atoms with Crippen LogP contribution in [0, 0.1) is 0 Å². The zero-order chi connectivity index (χ0) is 16.3. The van der Waals surface area contributed by atoms with Crippen LogP contribution in [0.3, 0.4) is 0 Å². The van der Waals surface area contributed by atoms with Gasteiger partial charge in [-0.3, -0.25) is 0 Å². The van der Waals surface area contributed by atoms with E-state index in [4.69, 9.17) is 5.14 Å². The average molecular weight is 332 g/mol. The van der Waals surface area contributed by atoms with E-state index in [9.17, 15) is 8.42 Å². The zero-order valence-electron chi connectivity index (χ0n) is 12.8. The van der Waals surface area contributed by atoms with E-state index < -0.39 is 10.0 Å². The molecule has 1 aliphatic carbocycles. The molecule has 0 radical (unpaired) electrons. The maximum Gasteiger partial charge on any atom is 0.238 e. The predicted molar refractivity (Wildman–Crippen MR) is 89.0 cm³/mol. The summed E-state index contributed by atoms with van der Waals surface area (Å²) in [5.41, 5.74) is 1.64. The molecular weight excluding hydrogens is 312 g/mol. The molecule has 3 N–H and O–H groups in total. The SMILES string of the molecule is NS(=O)(=O)c1cccc(Nc2nccc(C3CCCCC3)n2)c1. The molecule has 122 valence electrons. The predicted octanol–water partition coefficient (Wildman–Crippen LogP) is 2.92. The molecule has 2 aromatic rings. The van der Waals surface area contributed by atoms with Crippen molar-refractivity contribution >= 4 is 21.7 Å². The van der Waals surface area contributed by atoms with Gasteiger partial charge >= 0.3 is 0 Å².